The van der Waals surface area contributed by atoms with E-state index in [9.17, 15) is 5.11 Å². The van der Waals surface area contributed by atoms with Crippen molar-refractivity contribution in [1.82, 2.24) is 15.0 Å². The standard InChI is InChI=1S/C18H19N3O/c1-12-4-7-15(8-5-12)18-17(11-22)19-20-21(18)16-9-6-13(2)14(3)10-16/h4-10,22H,11H2,1-3H3. The van der Waals surface area contributed by atoms with Crippen LogP contribution in [0, 0.1) is 20.8 Å². The highest BCUT2D eigenvalue weighted by atomic mass is 16.3. The average Bonchev–Trinajstić information content (AvgIpc) is 2.95. The predicted octanol–water partition coefficient (Wildman–Crippen LogP) is 3.35. The van der Waals surface area contributed by atoms with Gasteiger partial charge in [-0.2, -0.15) is 0 Å². The predicted molar refractivity (Wildman–Crippen MR) is 86.9 cm³/mol. The molecule has 0 amide bonds. The van der Waals surface area contributed by atoms with E-state index in [0.29, 0.717) is 5.69 Å². The number of aromatic nitrogens is 3. The fraction of sp³-hybridized carbons (Fsp3) is 0.222. The summed E-state index contributed by atoms with van der Waals surface area (Å²) < 4.78 is 1.79. The second kappa shape index (κ2) is 5.73. The summed E-state index contributed by atoms with van der Waals surface area (Å²) in [5.74, 6) is 0. The first-order valence-electron chi connectivity index (χ1n) is 7.30. The number of hydrogen-bond acceptors (Lipinski definition) is 3. The second-order valence-corrected chi connectivity index (χ2v) is 5.59. The van der Waals surface area contributed by atoms with E-state index in [-0.39, 0.29) is 6.61 Å². The molecule has 0 aliphatic heterocycles. The van der Waals surface area contributed by atoms with Gasteiger partial charge in [-0.3, -0.25) is 0 Å². The van der Waals surface area contributed by atoms with Crippen molar-refractivity contribution in [3.63, 3.8) is 0 Å². The summed E-state index contributed by atoms with van der Waals surface area (Å²) in [5, 5.41) is 17.9. The van der Waals surface area contributed by atoms with E-state index in [2.05, 4.69) is 43.2 Å². The van der Waals surface area contributed by atoms with Crippen LogP contribution in [0.15, 0.2) is 42.5 Å². The molecule has 0 unspecified atom stereocenters. The quantitative estimate of drug-likeness (QED) is 0.805. The first kappa shape index (κ1) is 14.5. The van der Waals surface area contributed by atoms with Crippen LogP contribution >= 0.6 is 0 Å². The lowest BCUT2D eigenvalue weighted by atomic mass is 10.1. The van der Waals surface area contributed by atoms with Crippen LogP contribution in [0.25, 0.3) is 16.9 Å². The summed E-state index contributed by atoms with van der Waals surface area (Å²) in [5.41, 5.74) is 7.01. The minimum Gasteiger partial charge on any atom is -0.390 e. The third-order valence-corrected chi connectivity index (χ3v) is 3.95. The summed E-state index contributed by atoms with van der Waals surface area (Å²) >= 11 is 0. The normalized spacial score (nSPS) is 10.9. The van der Waals surface area contributed by atoms with Crippen molar-refractivity contribution in [2.24, 2.45) is 0 Å². The lowest BCUT2D eigenvalue weighted by molar-refractivity contribution is 0.277. The zero-order valence-corrected chi connectivity index (χ0v) is 13.0. The molecule has 22 heavy (non-hydrogen) atoms. The first-order chi connectivity index (χ1) is 10.6. The molecule has 1 N–H and O–H groups in total. The van der Waals surface area contributed by atoms with Gasteiger partial charge in [0.05, 0.1) is 12.3 Å². The number of aliphatic hydroxyl groups excluding tert-OH is 1. The molecule has 0 atom stereocenters. The molecule has 0 fully saturated rings. The Labute approximate surface area is 130 Å². The summed E-state index contributed by atoms with van der Waals surface area (Å²) in [6.45, 7) is 6.08. The molecule has 2 aromatic carbocycles. The molecule has 3 rings (SSSR count). The van der Waals surface area contributed by atoms with Gasteiger partial charge in [0, 0.05) is 5.56 Å². The van der Waals surface area contributed by atoms with Gasteiger partial charge in [-0.1, -0.05) is 41.1 Å². The van der Waals surface area contributed by atoms with Gasteiger partial charge in [-0.05, 0) is 44.0 Å². The van der Waals surface area contributed by atoms with E-state index < -0.39 is 0 Å². The molecule has 4 nitrogen and oxygen atoms in total. The van der Waals surface area contributed by atoms with Crippen LogP contribution in [-0.2, 0) is 6.61 Å². The Morgan fingerprint density at radius 3 is 2.32 bits per heavy atom. The van der Waals surface area contributed by atoms with Crippen molar-refractivity contribution in [2.45, 2.75) is 27.4 Å². The number of rotatable bonds is 3. The number of nitrogens with zero attached hydrogens (tertiary/aromatic N) is 3. The lowest BCUT2D eigenvalue weighted by Gasteiger charge is -2.10. The molecule has 1 heterocycles. The Bertz CT molecular complexity index is 804. The van der Waals surface area contributed by atoms with Gasteiger partial charge in [0.1, 0.15) is 11.4 Å². The number of aliphatic hydroxyl groups is 1. The number of benzene rings is 2. The SMILES string of the molecule is Cc1ccc(-c2c(CO)nnn2-c2ccc(C)c(C)c2)cc1. The Kier molecular flexibility index (Phi) is 3.77. The Balaban J connectivity index is 2.18. The maximum atomic E-state index is 9.58. The summed E-state index contributed by atoms with van der Waals surface area (Å²) in [7, 11) is 0. The van der Waals surface area contributed by atoms with Gasteiger partial charge in [0.2, 0.25) is 0 Å². The number of aryl methyl sites for hydroxylation is 3. The minimum atomic E-state index is -0.131. The van der Waals surface area contributed by atoms with Gasteiger partial charge in [0.25, 0.3) is 0 Å². The lowest BCUT2D eigenvalue weighted by Crippen LogP contribution is -2.01. The zero-order valence-electron chi connectivity index (χ0n) is 13.0. The molecule has 0 radical (unpaired) electrons. The van der Waals surface area contributed by atoms with Crippen LogP contribution in [0.2, 0.25) is 0 Å². The summed E-state index contributed by atoms with van der Waals surface area (Å²) in [6.07, 6.45) is 0. The molecule has 4 heteroatoms. The van der Waals surface area contributed by atoms with Crippen LogP contribution in [0.3, 0.4) is 0 Å². The molecule has 0 saturated heterocycles. The van der Waals surface area contributed by atoms with Crippen molar-refractivity contribution < 1.29 is 5.11 Å². The van der Waals surface area contributed by atoms with E-state index in [0.717, 1.165) is 16.9 Å². The highest BCUT2D eigenvalue weighted by Crippen LogP contribution is 2.26. The molecule has 0 bridgehead atoms. The fourth-order valence-corrected chi connectivity index (χ4v) is 2.46. The summed E-state index contributed by atoms with van der Waals surface area (Å²) in [6, 6.07) is 14.3. The zero-order chi connectivity index (χ0) is 15.7. The third-order valence-electron chi connectivity index (χ3n) is 3.95. The highest BCUT2D eigenvalue weighted by molar-refractivity contribution is 5.64. The van der Waals surface area contributed by atoms with Gasteiger partial charge < -0.3 is 5.11 Å². The van der Waals surface area contributed by atoms with Crippen LogP contribution in [0.1, 0.15) is 22.4 Å². The van der Waals surface area contributed by atoms with Gasteiger partial charge >= 0.3 is 0 Å². The topological polar surface area (TPSA) is 50.9 Å². The van der Waals surface area contributed by atoms with E-state index in [1.807, 2.05) is 30.3 Å². The van der Waals surface area contributed by atoms with Crippen LogP contribution in [0.5, 0.6) is 0 Å². The third kappa shape index (κ3) is 2.53. The van der Waals surface area contributed by atoms with Crippen molar-refractivity contribution in [2.75, 3.05) is 0 Å². The maximum Gasteiger partial charge on any atom is 0.117 e. The minimum absolute atomic E-state index is 0.131. The molecular formula is C18H19N3O. The number of hydrogen-bond donors (Lipinski definition) is 1. The van der Waals surface area contributed by atoms with Crippen LogP contribution < -0.4 is 0 Å². The average molecular weight is 293 g/mol. The molecule has 112 valence electrons. The van der Waals surface area contributed by atoms with Crippen molar-refractivity contribution in [3.05, 3.63) is 64.8 Å². The first-order valence-corrected chi connectivity index (χ1v) is 7.30. The summed E-state index contributed by atoms with van der Waals surface area (Å²) in [4.78, 5) is 0. The molecule has 1 aromatic heterocycles. The van der Waals surface area contributed by atoms with Gasteiger partial charge in [-0.15, -0.1) is 5.10 Å². The van der Waals surface area contributed by atoms with Crippen LogP contribution in [0.4, 0.5) is 0 Å². The molecular weight excluding hydrogens is 274 g/mol. The molecule has 0 saturated carbocycles. The maximum absolute atomic E-state index is 9.58. The van der Waals surface area contributed by atoms with Crippen LogP contribution in [-0.4, -0.2) is 20.1 Å². The molecule has 0 aliphatic rings. The largest absolute Gasteiger partial charge is 0.390 e. The Morgan fingerprint density at radius 2 is 1.68 bits per heavy atom. The Hall–Kier alpha value is -2.46. The van der Waals surface area contributed by atoms with Gasteiger partial charge in [-0.25, -0.2) is 4.68 Å². The second-order valence-electron chi connectivity index (χ2n) is 5.59. The van der Waals surface area contributed by atoms with Crippen molar-refractivity contribution in [3.8, 4) is 16.9 Å². The van der Waals surface area contributed by atoms with E-state index in [4.69, 9.17) is 0 Å². The molecule has 0 aliphatic carbocycles. The van der Waals surface area contributed by atoms with E-state index in [1.54, 1.807) is 4.68 Å². The van der Waals surface area contributed by atoms with Gasteiger partial charge in [0.15, 0.2) is 0 Å². The molecule has 0 spiro atoms. The van der Waals surface area contributed by atoms with E-state index in [1.165, 1.54) is 16.7 Å². The van der Waals surface area contributed by atoms with Crippen molar-refractivity contribution >= 4 is 0 Å². The Morgan fingerprint density at radius 1 is 0.955 bits per heavy atom. The molecule has 3 aromatic rings. The monoisotopic (exact) mass is 293 g/mol. The van der Waals surface area contributed by atoms with Crippen molar-refractivity contribution in [1.29, 1.82) is 0 Å². The van der Waals surface area contributed by atoms with E-state index >= 15 is 0 Å². The fourth-order valence-electron chi connectivity index (χ4n) is 2.46. The highest BCUT2D eigenvalue weighted by Gasteiger charge is 2.15. The smallest absolute Gasteiger partial charge is 0.117 e.